The maximum atomic E-state index is 11.6. The molecule has 1 heterocycles. The summed E-state index contributed by atoms with van der Waals surface area (Å²) in [6.45, 7) is 0.651. The van der Waals surface area contributed by atoms with Crippen LogP contribution < -0.4 is 0 Å². The molecule has 1 N–H and O–H groups in total. The zero-order valence-corrected chi connectivity index (χ0v) is 12.2. The summed E-state index contributed by atoms with van der Waals surface area (Å²) < 4.78 is 0. The first-order chi connectivity index (χ1) is 9.66. The third-order valence-electron chi connectivity index (χ3n) is 4.82. The molecule has 0 aromatic heterocycles. The van der Waals surface area contributed by atoms with E-state index in [1.807, 2.05) is 24.3 Å². The van der Waals surface area contributed by atoms with Crippen molar-refractivity contribution in [2.45, 2.75) is 50.7 Å². The van der Waals surface area contributed by atoms with Crippen LogP contribution in [0.3, 0.4) is 0 Å². The highest BCUT2D eigenvalue weighted by molar-refractivity contribution is 6.31. The molecule has 1 aromatic carbocycles. The van der Waals surface area contributed by atoms with Crippen LogP contribution in [-0.2, 0) is 11.3 Å². The molecule has 1 saturated heterocycles. The zero-order chi connectivity index (χ0) is 14.1. The second kappa shape index (κ2) is 5.74. The third-order valence-corrected chi connectivity index (χ3v) is 5.19. The van der Waals surface area contributed by atoms with Crippen molar-refractivity contribution in [2.24, 2.45) is 5.92 Å². The van der Waals surface area contributed by atoms with Crippen molar-refractivity contribution in [2.75, 3.05) is 0 Å². The topological polar surface area (TPSA) is 40.5 Å². The van der Waals surface area contributed by atoms with Gasteiger partial charge in [0.15, 0.2) is 0 Å². The third kappa shape index (κ3) is 2.57. The number of rotatable bonds is 3. The van der Waals surface area contributed by atoms with Crippen molar-refractivity contribution in [3.63, 3.8) is 0 Å². The number of halogens is 1. The molecule has 4 heteroatoms. The number of carboxylic acids is 1. The highest BCUT2D eigenvalue weighted by Crippen LogP contribution is 2.40. The molecule has 3 atom stereocenters. The minimum Gasteiger partial charge on any atom is -0.480 e. The highest BCUT2D eigenvalue weighted by atomic mass is 35.5. The minimum atomic E-state index is -0.688. The summed E-state index contributed by atoms with van der Waals surface area (Å²) in [5.41, 5.74) is 1.03. The molecule has 2 aliphatic rings. The largest absolute Gasteiger partial charge is 0.480 e. The lowest BCUT2D eigenvalue weighted by Crippen LogP contribution is -2.41. The molecule has 1 aliphatic heterocycles. The normalized spacial score (nSPS) is 30.1. The maximum Gasteiger partial charge on any atom is 0.320 e. The van der Waals surface area contributed by atoms with Crippen molar-refractivity contribution in [1.82, 2.24) is 4.90 Å². The summed E-state index contributed by atoms with van der Waals surface area (Å²) in [7, 11) is 0. The van der Waals surface area contributed by atoms with Gasteiger partial charge in [-0.1, -0.05) is 42.6 Å². The van der Waals surface area contributed by atoms with Crippen LogP contribution in [0.2, 0.25) is 5.02 Å². The SMILES string of the molecule is O=C(O)[C@@H]1C[C@H]2CCCC[C@H]2N1Cc1ccccc1Cl. The fourth-order valence-corrected chi connectivity index (χ4v) is 4.04. The van der Waals surface area contributed by atoms with Gasteiger partial charge in [-0.3, -0.25) is 9.69 Å². The number of benzene rings is 1. The van der Waals surface area contributed by atoms with Crippen LogP contribution >= 0.6 is 11.6 Å². The fraction of sp³-hybridized carbons (Fsp3) is 0.562. The van der Waals surface area contributed by atoms with E-state index in [-0.39, 0.29) is 6.04 Å². The number of fused-ring (bicyclic) bond motifs is 1. The quantitative estimate of drug-likeness (QED) is 0.926. The molecule has 2 fully saturated rings. The average Bonchev–Trinajstić information content (AvgIpc) is 2.81. The smallest absolute Gasteiger partial charge is 0.320 e. The average molecular weight is 294 g/mol. The number of hydrogen-bond donors (Lipinski definition) is 1. The van der Waals surface area contributed by atoms with Gasteiger partial charge in [-0.2, -0.15) is 0 Å². The predicted molar refractivity (Wildman–Crippen MR) is 78.8 cm³/mol. The zero-order valence-electron chi connectivity index (χ0n) is 11.5. The summed E-state index contributed by atoms with van der Waals surface area (Å²) in [5, 5.41) is 10.2. The molecule has 1 aliphatic carbocycles. The number of aliphatic carboxylic acids is 1. The van der Waals surface area contributed by atoms with Crippen LogP contribution in [0.15, 0.2) is 24.3 Å². The number of carboxylic acid groups (broad SMARTS) is 1. The van der Waals surface area contributed by atoms with E-state index in [0.29, 0.717) is 18.5 Å². The van der Waals surface area contributed by atoms with Gasteiger partial charge in [0, 0.05) is 17.6 Å². The first-order valence-corrected chi connectivity index (χ1v) is 7.76. The Kier molecular flexibility index (Phi) is 3.99. The molecule has 0 spiro atoms. The molecule has 0 bridgehead atoms. The molecule has 20 heavy (non-hydrogen) atoms. The van der Waals surface area contributed by atoms with Gasteiger partial charge in [0.1, 0.15) is 6.04 Å². The summed E-state index contributed by atoms with van der Waals surface area (Å²) >= 11 is 6.23. The number of likely N-dealkylation sites (tertiary alicyclic amines) is 1. The second-order valence-electron chi connectivity index (χ2n) is 5.97. The molecule has 1 saturated carbocycles. The number of carbonyl (C=O) groups is 1. The lowest BCUT2D eigenvalue weighted by molar-refractivity contribution is -0.142. The highest BCUT2D eigenvalue weighted by Gasteiger charge is 2.45. The standard InChI is InChI=1S/C16H20ClNO2/c17-13-7-3-1-6-12(13)10-18-14-8-4-2-5-11(14)9-15(18)16(19)20/h1,3,6-7,11,14-15H,2,4-5,8-10H2,(H,19,20)/t11-,14-,15+/m1/s1. The van der Waals surface area contributed by atoms with E-state index >= 15 is 0 Å². The molecule has 0 amide bonds. The Morgan fingerprint density at radius 1 is 1.30 bits per heavy atom. The van der Waals surface area contributed by atoms with Crippen molar-refractivity contribution in [1.29, 1.82) is 0 Å². The Hall–Kier alpha value is -1.06. The van der Waals surface area contributed by atoms with Crippen LogP contribution in [0.1, 0.15) is 37.7 Å². The Morgan fingerprint density at radius 3 is 2.80 bits per heavy atom. The first kappa shape index (κ1) is 13.9. The molecule has 108 valence electrons. The Balaban J connectivity index is 1.84. The minimum absolute atomic E-state index is 0.348. The summed E-state index contributed by atoms with van der Waals surface area (Å²) in [6.07, 6.45) is 5.55. The van der Waals surface area contributed by atoms with E-state index in [1.165, 1.54) is 19.3 Å². The van der Waals surface area contributed by atoms with Crippen LogP contribution in [0, 0.1) is 5.92 Å². The molecular formula is C16H20ClNO2. The van der Waals surface area contributed by atoms with Crippen LogP contribution in [-0.4, -0.2) is 28.1 Å². The Bertz CT molecular complexity index is 505. The lowest BCUT2D eigenvalue weighted by Gasteiger charge is -2.33. The van der Waals surface area contributed by atoms with E-state index in [1.54, 1.807) is 0 Å². The molecule has 1 aromatic rings. The summed E-state index contributed by atoms with van der Waals surface area (Å²) in [5.74, 6) is -0.140. The predicted octanol–water partition coefficient (Wildman–Crippen LogP) is 3.56. The molecular weight excluding hydrogens is 274 g/mol. The van der Waals surface area contributed by atoms with Crippen LogP contribution in [0.25, 0.3) is 0 Å². The van der Waals surface area contributed by atoms with Gasteiger partial charge in [-0.05, 0) is 36.8 Å². The number of hydrogen-bond acceptors (Lipinski definition) is 2. The Morgan fingerprint density at radius 2 is 2.05 bits per heavy atom. The van der Waals surface area contributed by atoms with Gasteiger partial charge in [0.2, 0.25) is 0 Å². The van der Waals surface area contributed by atoms with Crippen molar-refractivity contribution in [3.05, 3.63) is 34.9 Å². The monoisotopic (exact) mass is 293 g/mol. The van der Waals surface area contributed by atoms with E-state index in [9.17, 15) is 9.90 Å². The second-order valence-corrected chi connectivity index (χ2v) is 6.37. The van der Waals surface area contributed by atoms with Gasteiger partial charge < -0.3 is 5.11 Å². The van der Waals surface area contributed by atoms with E-state index < -0.39 is 5.97 Å². The van der Waals surface area contributed by atoms with E-state index in [4.69, 9.17) is 11.6 Å². The van der Waals surface area contributed by atoms with Crippen LogP contribution in [0.4, 0.5) is 0 Å². The fourth-order valence-electron chi connectivity index (χ4n) is 3.85. The molecule has 3 rings (SSSR count). The van der Waals surface area contributed by atoms with Gasteiger partial charge in [0.05, 0.1) is 0 Å². The molecule has 0 radical (unpaired) electrons. The van der Waals surface area contributed by atoms with Crippen molar-refractivity contribution < 1.29 is 9.90 Å². The van der Waals surface area contributed by atoms with Gasteiger partial charge in [-0.25, -0.2) is 0 Å². The van der Waals surface area contributed by atoms with E-state index in [0.717, 1.165) is 23.4 Å². The molecule has 0 unspecified atom stereocenters. The van der Waals surface area contributed by atoms with Gasteiger partial charge >= 0.3 is 5.97 Å². The van der Waals surface area contributed by atoms with Crippen LogP contribution in [0.5, 0.6) is 0 Å². The van der Waals surface area contributed by atoms with Gasteiger partial charge in [-0.15, -0.1) is 0 Å². The Labute approximate surface area is 124 Å². The lowest BCUT2D eigenvalue weighted by atomic mass is 9.84. The van der Waals surface area contributed by atoms with Gasteiger partial charge in [0.25, 0.3) is 0 Å². The summed E-state index contributed by atoms with van der Waals surface area (Å²) in [4.78, 5) is 13.7. The van der Waals surface area contributed by atoms with Crippen molar-refractivity contribution in [3.8, 4) is 0 Å². The van der Waals surface area contributed by atoms with E-state index in [2.05, 4.69) is 4.90 Å². The molecule has 3 nitrogen and oxygen atoms in total. The first-order valence-electron chi connectivity index (χ1n) is 7.39. The summed E-state index contributed by atoms with van der Waals surface area (Å²) in [6, 6.07) is 7.82. The number of nitrogens with zero attached hydrogens (tertiary/aromatic N) is 1. The maximum absolute atomic E-state index is 11.6. The van der Waals surface area contributed by atoms with Crippen molar-refractivity contribution >= 4 is 17.6 Å².